The lowest BCUT2D eigenvalue weighted by Gasteiger charge is -2.32. The van der Waals surface area contributed by atoms with E-state index in [9.17, 15) is 9.90 Å². The monoisotopic (exact) mass is 478 g/mol. The summed E-state index contributed by atoms with van der Waals surface area (Å²) in [5.74, 6) is 0.789. The second-order valence-corrected chi connectivity index (χ2v) is 10.8. The summed E-state index contributed by atoms with van der Waals surface area (Å²) in [7, 11) is 0. The Bertz CT molecular complexity index is 1010. The van der Waals surface area contributed by atoms with Crippen molar-refractivity contribution in [2.75, 3.05) is 0 Å². The van der Waals surface area contributed by atoms with E-state index < -0.39 is 5.60 Å². The fraction of sp³-hybridized carbons (Fsp3) is 0.318. The van der Waals surface area contributed by atoms with Gasteiger partial charge in [-0.2, -0.15) is 0 Å². The molecular weight excluding hydrogens is 455 g/mol. The lowest BCUT2D eigenvalue weighted by Crippen LogP contribution is -2.34. The first-order valence-electron chi connectivity index (χ1n) is 8.78. The molecule has 142 valence electrons. The molecule has 5 heteroatoms. The normalized spacial score (nSPS) is 12.3. The quantitative estimate of drug-likeness (QED) is 0.365. The minimum absolute atomic E-state index is 0.0627. The number of ether oxygens (including phenoxy) is 1. The minimum Gasteiger partial charge on any atom is -0.507 e. The first kappa shape index (κ1) is 19.7. The van der Waals surface area contributed by atoms with E-state index in [4.69, 9.17) is 9.15 Å². The van der Waals surface area contributed by atoms with Gasteiger partial charge in [0.05, 0.1) is 0 Å². The van der Waals surface area contributed by atoms with Gasteiger partial charge in [0.15, 0.2) is 5.43 Å². The highest BCUT2D eigenvalue weighted by Crippen LogP contribution is 2.35. The molecule has 2 aromatic carbocycles. The Balaban J connectivity index is 2.06. The van der Waals surface area contributed by atoms with Crippen molar-refractivity contribution in [2.45, 2.75) is 43.1 Å². The van der Waals surface area contributed by atoms with Crippen molar-refractivity contribution < 1.29 is 14.3 Å². The second kappa shape index (κ2) is 7.19. The van der Waals surface area contributed by atoms with Crippen LogP contribution in [0.2, 0.25) is 0 Å². The van der Waals surface area contributed by atoms with E-state index in [1.807, 2.05) is 44.2 Å². The van der Waals surface area contributed by atoms with Crippen LogP contribution in [0.5, 0.6) is 11.5 Å². The standard InChI is InChI=1S/C22H23IO4/c1-21(2,23)13-22(3,4)27-15-10-16(24)20-17(25)12-18(26-19(20)11-15)14-8-6-5-7-9-14/h5-12,24H,13H2,1-4H3. The molecule has 0 saturated carbocycles. The van der Waals surface area contributed by atoms with Gasteiger partial charge in [0.1, 0.15) is 33.8 Å². The molecule has 0 aliphatic rings. The predicted octanol–water partition coefficient (Wildman–Crippen LogP) is 5.93. The smallest absolute Gasteiger partial charge is 0.197 e. The van der Waals surface area contributed by atoms with Gasteiger partial charge in [0.2, 0.25) is 0 Å². The second-order valence-electron chi connectivity index (χ2n) is 7.91. The van der Waals surface area contributed by atoms with E-state index in [1.165, 1.54) is 12.1 Å². The largest absolute Gasteiger partial charge is 0.507 e. The number of hydrogen-bond acceptors (Lipinski definition) is 4. The maximum absolute atomic E-state index is 12.5. The molecule has 4 nitrogen and oxygen atoms in total. The summed E-state index contributed by atoms with van der Waals surface area (Å²) in [6.07, 6.45) is 0.813. The van der Waals surface area contributed by atoms with Crippen LogP contribution in [0.15, 0.2) is 57.7 Å². The van der Waals surface area contributed by atoms with Crippen LogP contribution in [0.4, 0.5) is 0 Å². The molecule has 27 heavy (non-hydrogen) atoms. The van der Waals surface area contributed by atoms with Crippen LogP contribution in [0.25, 0.3) is 22.3 Å². The average molecular weight is 478 g/mol. The van der Waals surface area contributed by atoms with E-state index in [0.29, 0.717) is 17.1 Å². The number of phenolic OH excluding ortho intramolecular Hbond substituents is 1. The third-order valence-electron chi connectivity index (χ3n) is 4.08. The first-order chi connectivity index (χ1) is 12.5. The van der Waals surface area contributed by atoms with Gasteiger partial charge < -0.3 is 14.3 Å². The summed E-state index contributed by atoms with van der Waals surface area (Å²) < 4.78 is 12.1. The molecule has 0 bridgehead atoms. The number of fused-ring (bicyclic) bond motifs is 1. The molecule has 0 aliphatic carbocycles. The van der Waals surface area contributed by atoms with Gasteiger partial charge in [-0.1, -0.05) is 66.8 Å². The van der Waals surface area contributed by atoms with Crippen molar-refractivity contribution in [3.8, 4) is 22.8 Å². The zero-order valence-corrected chi connectivity index (χ0v) is 18.0. The summed E-state index contributed by atoms with van der Waals surface area (Å²) in [6, 6.07) is 14.0. The van der Waals surface area contributed by atoms with Crippen molar-refractivity contribution in [1.82, 2.24) is 0 Å². The van der Waals surface area contributed by atoms with Gasteiger partial charge in [0.25, 0.3) is 0 Å². The SMILES string of the molecule is CC(C)(I)CC(C)(C)Oc1cc(O)c2c(=O)cc(-c3ccccc3)oc2c1. The van der Waals surface area contributed by atoms with Gasteiger partial charge >= 0.3 is 0 Å². The highest BCUT2D eigenvalue weighted by atomic mass is 127. The van der Waals surface area contributed by atoms with E-state index >= 15 is 0 Å². The van der Waals surface area contributed by atoms with Crippen LogP contribution in [0, 0.1) is 0 Å². The van der Waals surface area contributed by atoms with E-state index in [0.717, 1.165) is 12.0 Å². The number of alkyl halides is 1. The lowest BCUT2D eigenvalue weighted by atomic mass is 9.96. The van der Waals surface area contributed by atoms with Gasteiger partial charge in [-0.15, -0.1) is 0 Å². The highest BCUT2D eigenvalue weighted by Gasteiger charge is 2.29. The number of phenols is 1. The number of benzene rings is 2. The summed E-state index contributed by atoms with van der Waals surface area (Å²) in [6.45, 7) is 8.29. The zero-order valence-electron chi connectivity index (χ0n) is 15.9. The average Bonchev–Trinajstić information content (AvgIpc) is 2.51. The van der Waals surface area contributed by atoms with Crippen LogP contribution >= 0.6 is 22.6 Å². The molecule has 1 heterocycles. The molecule has 0 unspecified atom stereocenters. The van der Waals surface area contributed by atoms with Crippen LogP contribution < -0.4 is 10.2 Å². The Morgan fingerprint density at radius 1 is 1.07 bits per heavy atom. The third-order valence-corrected chi connectivity index (χ3v) is 4.46. The molecule has 1 N–H and O–H groups in total. The molecule has 0 radical (unpaired) electrons. The predicted molar refractivity (Wildman–Crippen MR) is 117 cm³/mol. The Labute approximate surface area is 172 Å². The molecule has 0 amide bonds. The molecule has 0 saturated heterocycles. The molecule has 1 aromatic heterocycles. The van der Waals surface area contributed by atoms with Crippen LogP contribution in [0.1, 0.15) is 34.1 Å². The number of halogens is 1. The maximum Gasteiger partial charge on any atom is 0.197 e. The minimum atomic E-state index is -0.442. The molecule has 0 spiro atoms. The summed E-state index contributed by atoms with van der Waals surface area (Å²) >= 11 is 2.39. The van der Waals surface area contributed by atoms with Crippen molar-refractivity contribution in [3.05, 3.63) is 58.8 Å². The Morgan fingerprint density at radius 2 is 1.74 bits per heavy atom. The topological polar surface area (TPSA) is 59.7 Å². The molecule has 0 atom stereocenters. The van der Waals surface area contributed by atoms with Crippen molar-refractivity contribution in [1.29, 1.82) is 0 Å². The molecule has 3 aromatic rings. The van der Waals surface area contributed by atoms with Crippen LogP contribution in [0.3, 0.4) is 0 Å². The van der Waals surface area contributed by atoms with Crippen molar-refractivity contribution >= 4 is 33.6 Å². The maximum atomic E-state index is 12.5. The van der Waals surface area contributed by atoms with Gasteiger partial charge in [-0.3, -0.25) is 4.79 Å². The molecule has 0 fully saturated rings. The van der Waals surface area contributed by atoms with Crippen molar-refractivity contribution in [2.24, 2.45) is 0 Å². The Morgan fingerprint density at radius 3 is 2.37 bits per heavy atom. The van der Waals surface area contributed by atoms with Crippen molar-refractivity contribution in [3.63, 3.8) is 0 Å². The Kier molecular flexibility index (Phi) is 5.25. The molecule has 0 aliphatic heterocycles. The third kappa shape index (κ3) is 4.83. The fourth-order valence-electron chi connectivity index (χ4n) is 3.41. The van der Waals surface area contributed by atoms with Crippen LogP contribution in [-0.4, -0.2) is 14.1 Å². The summed E-state index contributed by atoms with van der Waals surface area (Å²) in [4.78, 5) is 12.5. The zero-order chi connectivity index (χ0) is 19.8. The number of aromatic hydroxyl groups is 1. The molecule has 3 rings (SSSR count). The van der Waals surface area contributed by atoms with E-state index in [1.54, 1.807) is 6.07 Å². The summed E-state index contributed by atoms with van der Waals surface area (Å²) in [5.41, 5.74) is 0.379. The van der Waals surface area contributed by atoms with Gasteiger partial charge in [-0.05, 0) is 13.8 Å². The summed E-state index contributed by atoms with van der Waals surface area (Å²) in [5, 5.41) is 10.5. The number of rotatable bonds is 5. The Hall–Kier alpha value is -2.02. The molecular formula is C22H23IO4. The first-order valence-corrected chi connectivity index (χ1v) is 9.86. The highest BCUT2D eigenvalue weighted by molar-refractivity contribution is 14.1. The fourth-order valence-corrected chi connectivity index (χ4v) is 4.33. The lowest BCUT2D eigenvalue weighted by molar-refractivity contribution is 0.0925. The van der Waals surface area contributed by atoms with E-state index in [-0.39, 0.29) is 20.0 Å². The van der Waals surface area contributed by atoms with Gasteiger partial charge in [-0.25, -0.2) is 0 Å². The van der Waals surface area contributed by atoms with Crippen LogP contribution in [-0.2, 0) is 0 Å². The van der Waals surface area contributed by atoms with Gasteiger partial charge in [0, 0.05) is 33.6 Å². The number of hydrogen-bond donors (Lipinski definition) is 1. The van der Waals surface area contributed by atoms with E-state index in [2.05, 4.69) is 36.4 Å².